The lowest BCUT2D eigenvalue weighted by Gasteiger charge is -2.14. The van der Waals surface area contributed by atoms with Crippen LogP contribution in [0.2, 0.25) is 0 Å². The maximum atomic E-state index is 13.1. The van der Waals surface area contributed by atoms with Crippen LogP contribution in [0.25, 0.3) is 22.2 Å². The third-order valence-electron chi connectivity index (χ3n) is 5.33. The smallest absolute Gasteiger partial charge is 0.336 e. The highest BCUT2D eigenvalue weighted by Crippen LogP contribution is 2.24. The fraction of sp³-hybridized carbons (Fsp3) is 0.200. The number of hydrogen-bond acceptors (Lipinski definition) is 4. The molecule has 4 rings (SSSR count). The summed E-state index contributed by atoms with van der Waals surface area (Å²) < 4.78 is 1.72. The van der Waals surface area contributed by atoms with Crippen LogP contribution in [0.3, 0.4) is 0 Å². The lowest BCUT2D eigenvalue weighted by Crippen LogP contribution is -2.26. The minimum Gasteiger partial charge on any atom is -0.478 e. The predicted molar refractivity (Wildman–Crippen MR) is 120 cm³/mol. The Morgan fingerprint density at radius 2 is 1.81 bits per heavy atom. The van der Waals surface area contributed by atoms with Crippen molar-refractivity contribution in [2.75, 3.05) is 0 Å². The number of carboxylic acid groups (broad SMARTS) is 1. The molecular formula is C25H23N3O3. The van der Waals surface area contributed by atoms with Gasteiger partial charge in [-0.15, -0.1) is 0 Å². The first kappa shape index (κ1) is 20.5. The molecule has 0 saturated heterocycles. The number of fused-ring (bicyclic) bond motifs is 1. The number of unbranched alkanes of at least 4 members (excludes halogenated alkanes) is 1. The number of pyridine rings is 1. The minimum atomic E-state index is -0.956. The molecular weight excluding hydrogens is 390 g/mol. The molecule has 0 unspecified atom stereocenters. The molecule has 0 amide bonds. The molecule has 0 radical (unpaired) electrons. The highest BCUT2D eigenvalue weighted by molar-refractivity contribution is 5.96. The number of benzene rings is 2. The number of carboxylic acids is 1. The quantitative estimate of drug-likeness (QED) is 0.480. The van der Waals surface area contributed by atoms with Crippen LogP contribution in [0.1, 0.15) is 41.5 Å². The maximum Gasteiger partial charge on any atom is 0.336 e. The zero-order valence-electron chi connectivity index (χ0n) is 17.3. The van der Waals surface area contributed by atoms with Crippen LogP contribution in [0.15, 0.2) is 71.7 Å². The Balaban J connectivity index is 1.70. The van der Waals surface area contributed by atoms with E-state index in [1.165, 1.54) is 0 Å². The Morgan fingerprint density at radius 1 is 1.03 bits per heavy atom. The summed E-state index contributed by atoms with van der Waals surface area (Å²) in [5, 5.41) is 9.95. The number of aryl methyl sites for hydroxylation is 1. The Labute approximate surface area is 179 Å². The molecule has 0 bridgehead atoms. The Morgan fingerprint density at radius 3 is 2.55 bits per heavy atom. The second-order valence-electron chi connectivity index (χ2n) is 7.45. The average Bonchev–Trinajstić information content (AvgIpc) is 2.80. The van der Waals surface area contributed by atoms with Crippen molar-refractivity contribution in [2.24, 2.45) is 0 Å². The van der Waals surface area contributed by atoms with Gasteiger partial charge >= 0.3 is 5.97 Å². The van der Waals surface area contributed by atoms with Crippen molar-refractivity contribution < 1.29 is 9.90 Å². The molecule has 0 aliphatic heterocycles. The largest absolute Gasteiger partial charge is 0.478 e. The van der Waals surface area contributed by atoms with Crippen LogP contribution in [-0.2, 0) is 13.0 Å². The number of nitrogens with zero attached hydrogens (tertiary/aromatic N) is 3. The summed E-state index contributed by atoms with van der Waals surface area (Å²) in [7, 11) is 0. The second-order valence-corrected chi connectivity index (χ2v) is 7.45. The van der Waals surface area contributed by atoms with Crippen LogP contribution in [0.5, 0.6) is 0 Å². The molecule has 6 nitrogen and oxygen atoms in total. The number of hydrogen-bond donors (Lipinski definition) is 1. The third kappa shape index (κ3) is 4.23. The fourth-order valence-electron chi connectivity index (χ4n) is 3.68. The van der Waals surface area contributed by atoms with Gasteiger partial charge in [-0.05, 0) is 41.3 Å². The normalized spacial score (nSPS) is 11.0. The SMILES string of the molecule is CCCCc1nc2ncccc2c(=O)n1Cc1ccc(-c2ccccc2C(=O)O)cc1. The van der Waals surface area contributed by atoms with Crippen LogP contribution in [0.4, 0.5) is 0 Å². The van der Waals surface area contributed by atoms with E-state index in [2.05, 4.69) is 16.9 Å². The van der Waals surface area contributed by atoms with Crippen molar-refractivity contribution in [2.45, 2.75) is 32.7 Å². The second kappa shape index (κ2) is 8.92. The third-order valence-corrected chi connectivity index (χ3v) is 5.33. The van der Waals surface area contributed by atoms with Gasteiger partial charge in [0.15, 0.2) is 5.65 Å². The Bertz CT molecular complexity index is 1290. The number of rotatable bonds is 7. The molecule has 156 valence electrons. The molecule has 4 aromatic rings. The van der Waals surface area contributed by atoms with Crippen LogP contribution < -0.4 is 5.56 Å². The van der Waals surface area contributed by atoms with Crippen LogP contribution >= 0.6 is 0 Å². The summed E-state index contributed by atoms with van der Waals surface area (Å²) in [6, 6.07) is 18.1. The zero-order chi connectivity index (χ0) is 21.8. The molecule has 0 atom stereocenters. The molecule has 0 spiro atoms. The van der Waals surface area contributed by atoms with Gasteiger partial charge in [0.2, 0.25) is 0 Å². The standard InChI is InChI=1S/C25H23N3O3/c1-2-3-10-22-27-23-21(9-6-15-26-23)24(29)28(22)16-17-11-13-18(14-12-17)19-7-4-5-8-20(19)25(30)31/h4-9,11-15H,2-3,10,16H2,1H3,(H,30,31). The summed E-state index contributed by atoms with van der Waals surface area (Å²) in [5.74, 6) is -0.221. The van der Waals surface area contributed by atoms with Crippen molar-refractivity contribution in [3.63, 3.8) is 0 Å². The molecule has 0 fully saturated rings. The lowest BCUT2D eigenvalue weighted by atomic mass is 9.99. The Kier molecular flexibility index (Phi) is 5.89. The van der Waals surface area contributed by atoms with E-state index in [0.29, 0.717) is 29.6 Å². The first-order chi connectivity index (χ1) is 15.1. The first-order valence-electron chi connectivity index (χ1n) is 10.3. The van der Waals surface area contributed by atoms with E-state index < -0.39 is 5.97 Å². The van der Waals surface area contributed by atoms with Gasteiger partial charge in [0, 0.05) is 12.6 Å². The maximum absolute atomic E-state index is 13.1. The zero-order valence-corrected chi connectivity index (χ0v) is 17.3. The molecule has 0 aliphatic carbocycles. The van der Waals surface area contributed by atoms with Crippen LogP contribution in [-0.4, -0.2) is 25.6 Å². The predicted octanol–water partition coefficient (Wildman–Crippen LogP) is 4.55. The first-order valence-corrected chi connectivity index (χ1v) is 10.3. The van der Waals surface area contributed by atoms with E-state index in [9.17, 15) is 14.7 Å². The number of aromatic nitrogens is 3. The van der Waals surface area contributed by atoms with Crippen LogP contribution in [0, 0.1) is 0 Å². The van der Waals surface area contributed by atoms with Gasteiger partial charge < -0.3 is 5.11 Å². The van der Waals surface area contributed by atoms with E-state index in [4.69, 9.17) is 0 Å². The molecule has 2 aromatic heterocycles. The number of carbonyl (C=O) groups is 1. The van der Waals surface area contributed by atoms with E-state index in [-0.39, 0.29) is 11.1 Å². The Hall–Kier alpha value is -3.80. The van der Waals surface area contributed by atoms with Gasteiger partial charge in [-0.1, -0.05) is 55.8 Å². The van der Waals surface area contributed by atoms with Gasteiger partial charge in [-0.25, -0.2) is 14.8 Å². The fourth-order valence-corrected chi connectivity index (χ4v) is 3.68. The van der Waals surface area contributed by atoms with E-state index in [1.807, 2.05) is 30.3 Å². The van der Waals surface area contributed by atoms with Crippen molar-refractivity contribution in [3.05, 3.63) is 94.2 Å². The van der Waals surface area contributed by atoms with Crippen molar-refractivity contribution >= 4 is 17.0 Å². The number of aromatic carboxylic acids is 1. The highest BCUT2D eigenvalue weighted by atomic mass is 16.4. The molecule has 2 aromatic carbocycles. The molecule has 6 heteroatoms. The lowest BCUT2D eigenvalue weighted by molar-refractivity contribution is 0.0697. The van der Waals surface area contributed by atoms with Gasteiger partial charge in [0.05, 0.1) is 17.5 Å². The topological polar surface area (TPSA) is 85.1 Å². The van der Waals surface area contributed by atoms with Crippen molar-refractivity contribution in [1.29, 1.82) is 0 Å². The summed E-state index contributed by atoms with van der Waals surface area (Å²) in [6.07, 6.45) is 4.31. The average molecular weight is 413 g/mol. The van der Waals surface area contributed by atoms with Gasteiger partial charge in [-0.2, -0.15) is 0 Å². The van der Waals surface area contributed by atoms with E-state index in [0.717, 1.165) is 29.8 Å². The summed E-state index contributed by atoms with van der Waals surface area (Å²) in [4.78, 5) is 33.6. The van der Waals surface area contributed by atoms with Gasteiger partial charge in [-0.3, -0.25) is 9.36 Å². The molecule has 0 saturated carbocycles. The molecule has 31 heavy (non-hydrogen) atoms. The molecule has 0 aliphatic rings. The summed E-state index contributed by atoms with van der Waals surface area (Å²) in [5.41, 5.74) is 3.09. The summed E-state index contributed by atoms with van der Waals surface area (Å²) in [6.45, 7) is 2.51. The van der Waals surface area contributed by atoms with Gasteiger partial charge in [0.1, 0.15) is 5.82 Å². The van der Waals surface area contributed by atoms with Crippen molar-refractivity contribution in [3.8, 4) is 11.1 Å². The van der Waals surface area contributed by atoms with Gasteiger partial charge in [0.25, 0.3) is 5.56 Å². The molecule has 1 N–H and O–H groups in total. The van der Waals surface area contributed by atoms with E-state index in [1.54, 1.807) is 41.1 Å². The van der Waals surface area contributed by atoms with E-state index >= 15 is 0 Å². The molecule has 2 heterocycles. The summed E-state index contributed by atoms with van der Waals surface area (Å²) >= 11 is 0. The highest BCUT2D eigenvalue weighted by Gasteiger charge is 2.13. The minimum absolute atomic E-state index is 0.0931. The van der Waals surface area contributed by atoms with Crippen molar-refractivity contribution in [1.82, 2.24) is 14.5 Å². The monoisotopic (exact) mass is 413 g/mol.